The molecule has 0 aliphatic carbocycles. The molecule has 0 aliphatic heterocycles. The third-order valence-electron chi connectivity index (χ3n) is 2.36. The largest absolute Gasteiger partial charge is 0.494 e. The van der Waals surface area contributed by atoms with Gasteiger partial charge in [-0.25, -0.2) is 4.79 Å². The molecule has 2 aromatic rings. The zero-order valence-corrected chi connectivity index (χ0v) is 8.60. The van der Waals surface area contributed by atoms with E-state index in [1.165, 1.54) is 7.05 Å². The Hall–Kier alpha value is -2.30. The van der Waals surface area contributed by atoms with E-state index < -0.39 is 11.2 Å². The molecule has 0 bridgehead atoms. The molecule has 0 spiro atoms. The van der Waals surface area contributed by atoms with E-state index in [9.17, 15) is 14.7 Å². The van der Waals surface area contributed by atoms with E-state index in [4.69, 9.17) is 0 Å². The summed E-state index contributed by atoms with van der Waals surface area (Å²) in [5, 5.41) is 9.76. The maximum Gasteiger partial charge on any atom is 0.330 e. The number of H-pyrrole nitrogens is 1. The van der Waals surface area contributed by atoms with E-state index in [0.717, 1.165) is 4.57 Å². The summed E-state index contributed by atoms with van der Waals surface area (Å²) < 4.78 is 0.990. The van der Waals surface area contributed by atoms with Crippen LogP contribution in [0.2, 0.25) is 0 Å². The van der Waals surface area contributed by atoms with Crippen molar-refractivity contribution in [3.8, 4) is 17.0 Å². The number of hydrogen-bond donors (Lipinski definition) is 2. The first-order valence-corrected chi connectivity index (χ1v) is 4.69. The molecule has 1 aromatic heterocycles. The third-order valence-corrected chi connectivity index (χ3v) is 2.36. The molecule has 0 saturated carbocycles. The Morgan fingerprint density at radius 1 is 1.19 bits per heavy atom. The van der Waals surface area contributed by atoms with Crippen LogP contribution in [0.3, 0.4) is 0 Å². The molecule has 0 saturated heterocycles. The third kappa shape index (κ3) is 1.52. The summed E-state index contributed by atoms with van der Waals surface area (Å²) >= 11 is 0. The van der Waals surface area contributed by atoms with Crippen molar-refractivity contribution in [3.05, 3.63) is 51.2 Å². The molecule has 82 valence electrons. The minimum atomic E-state index is -0.637. The molecule has 0 unspecified atom stereocenters. The maximum atomic E-state index is 11.6. The van der Waals surface area contributed by atoms with E-state index in [2.05, 4.69) is 4.98 Å². The van der Waals surface area contributed by atoms with Gasteiger partial charge in [0.15, 0.2) is 0 Å². The molecular weight excluding hydrogens is 208 g/mol. The molecule has 1 aromatic carbocycles. The molecule has 16 heavy (non-hydrogen) atoms. The highest BCUT2D eigenvalue weighted by molar-refractivity contribution is 5.66. The van der Waals surface area contributed by atoms with Crippen LogP contribution in [0, 0.1) is 0 Å². The summed E-state index contributed by atoms with van der Waals surface area (Å²) in [5.74, 6) is -0.333. The molecule has 2 N–H and O–H groups in total. The van der Waals surface area contributed by atoms with Crippen LogP contribution in [0.1, 0.15) is 0 Å². The predicted molar refractivity (Wildman–Crippen MR) is 59.4 cm³/mol. The van der Waals surface area contributed by atoms with Crippen LogP contribution in [0.15, 0.2) is 39.9 Å². The van der Waals surface area contributed by atoms with Crippen LogP contribution in [0.25, 0.3) is 11.1 Å². The van der Waals surface area contributed by atoms with Crippen LogP contribution >= 0.6 is 0 Å². The van der Waals surface area contributed by atoms with Crippen molar-refractivity contribution in [2.24, 2.45) is 7.05 Å². The van der Waals surface area contributed by atoms with Crippen LogP contribution in [0.5, 0.6) is 5.88 Å². The van der Waals surface area contributed by atoms with Gasteiger partial charge in [0.05, 0.1) is 0 Å². The molecule has 5 nitrogen and oxygen atoms in total. The van der Waals surface area contributed by atoms with Crippen LogP contribution in [0.4, 0.5) is 0 Å². The fourth-order valence-corrected chi connectivity index (χ4v) is 1.47. The second-order valence-corrected chi connectivity index (χ2v) is 3.38. The van der Waals surface area contributed by atoms with Crippen molar-refractivity contribution in [1.29, 1.82) is 0 Å². The summed E-state index contributed by atoms with van der Waals surface area (Å²) in [6.45, 7) is 0. The van der Waals surface area contributed by atoms with Gasteiger partial charge in [0.25, 0.3) is 5.56 Å². The van der Waals surface area contributed by atoms with E-state index in [-0.39, 0.29) is 11.4 Å². The normalized spacial score (nSPS) is 10.3. The molecule has 1 heterocycles. The average molecular weight is 218 g/mol. The van der Waals surface area contributed by atoms with Gasteiger partial charge in [-0.2, -0.15) is 0 Å². The van der Waals surface area contributed by atoms with Crippen LogP contribution in [-0.4, -0.2) is 14.7 Å². The first kappa shape index (κ1) is 10.2. The van der Waals surface area contributed by atoms with Gasteiger partial charge in [0.2, 0.25) is 5.88 Å². The molecule has 5 heteroatoms. The monoisotopic (exact) mass is 218 g/mol. The quantitative estimate of drug-likeness (QED) is 0.729. The lowest BCUT2D eigenvalue weighted by molar-refractivity contribution is 0.420. The van der Waals surface area contributed by atoms with Gasteiger partial charge in [-0.3, -0.25) is 14.3 Å². The summed E-state index contributed by atoms with van der Waals surface area (Å²) in [4.78, 5) is 24.9. The van der Waals surface area contributed by atoms with Crippen molar-refractivity contribution in [2.75, 3.05) is 0 Å². The highest BCUT2D eigenvalue weighted by atomic mass is 16.3. The lowest BCUT2D eigenvalue weighted by atomic mass is 10.1. The summed E-state index contributed by atoms with van der Waals surface area (Å²) in [5.41, 5.74) is -0.562. The van der Waals surface area contributed by atoms with Crippen molar-refractivity contribution in [2.45, 2.75) is 0 Å². The van der Waals surface area contributed by atoms with Gasteiger partial charge in [0.1, 0.15) is 5.56 Å². The Balaban J connectivity index is 2.82. The summed E-state index contributed by atoms with van der Waals surface area (Å²) in [6.07, 6.45) is 0. The first-order chi connectivity index (χ1) is 7.61. The number of nitrogens with one attached hydrogen (secondary N) is 1. The van der Waals surface area contributed by atoms with E-state index in [0.29, 0.717) is 5.56 Å². The fraction of sp³-hybridized carbons (Fsp3) is 0.0909. The highest BCUT2D eigenvalue weighted by Gasteiger charge is 2.12. The Kier molecular flexibility index (Phi) is 2.36. The van der Waals surface area contributed by atoms with Crippen molar-refractivity contribution in [1.82, 2.24) is 9.55 Å². The van der Waals surface area contributed by atoms with E-state index in [1.807, 2.05) is 0 Å². The highest BCUT2D eigenvalue weighted by Crippen LogP contribution is 2.22. The fourth-order valence-electron chi connectivity index (χ4n) is 1.47. The Labute approximate surface area is 90.6 Å². The SMILES string of the molecule is Cn1c(O)c(-c2ccccc2)c(=O)[nH]c1=O. The smallest absolute Gasteiger partial charge is 0.330 e. The molecule has 0 radical (unpaired) electrons. The van der Waals surface area contributed by atoms with Crippen molar-refractivity contribution >= 4 is 0 Å². The summed E-state index contributed by atoms with van der Waals surface area (Å²) in [6, 6.07) is 8.68. The molecule has 0 amide bonds. The summed E-state index contributed by atoms with van der Waals surface area (Å²) in [7, 11) is 1.39. The Morgan fingerprint density at radius 2 is 1.81 bits per heavy atom. The van der Waals surface area contributed by atoms with Gasteiger partial charge < -0.3 is 5.11 Å². The van der Waals surface area contributed by atoms with Crippen LogP contribution < -0.4 is 11.2 Å². The number of benzene rings is 1. The Morgan fingerprint density at radius 3 is 2.44 bits per heavy atom. The topological polar surface area (TPSA) is 75.1 Å². The number of aromatic nitrogens is 2. The van der Waals surface area contributed by atoms with Crippen molar-refractivity contribution < 1.29 is 5.11 Å². The number of nitrogens with zero attached hydrogens (tertiary/aromatic N) is 1. The van der Waals surface area contributed by atoms with Crippen LogP contribution in [-0.2, 0) is 7.05 Å². The second kappa shape index (κ2) is 3.69. The number of aromatic amines is 1. The standard InChI is InChI=1S/C11H10N2O3/c1-13-10(15)8(9(14)12-11(13)16)7-5-3-2-4-6-7/h2-6,15H,1H3,(H,12,14,16). The van der Waals surface area contributed by atoms with Crippen molar-refractivity contribution in [3.63, 3.8) is 0 Å². The second-order valence-electron chi connectivity index (χ2n) is 3.38. The molecule has 0 fully saturated rings. The molecule has 2 rings (SSSR count). The minimum absolute atomic E-state index is 0.0997. The number of aromatic hydroxyl groups is 1. The van der Waals surface area contributed by atoms with E-state index >= 15 is 0 Å². The molecule has 0 atom stereocenters. The average Bonchev–Trinajstić information content (AvgIpc) is 2.28. The lowest BCUT2D eigenvalue weighted by Crippen LogP contribution is -2.29. The van der Waals surface area contributed by atoms with Gasteiger partial charge in [-0.05, 0) is 5.56 Å². The number of hydrogen-bond acceptors (Lipinski definition) is 3. The van der Waals surface area contributed by atoms with Gasteiger partial charge in [0, 0.05) is 7.05 Å². The zero-order valence-electron chi connectivity index (χ0n) is 8.60. The van der Waals surface area contributed by atoms with E-state index in [1.54, 1.807) is 30.3 Å². The zero-order chi connectivity index (χ0) is 11.7. The molecular formula is C11H10N2O3. The number of rotatable bonds is 1. The minimum Gasteiger partial charge on any atom is -0.494 e. The van der Waals surface area contributed by atoms with Gasteiger partial charge >= 0.3 is 5.69 Å². The lowest BCUT2D eigenvalue weighted by Gasteiger charge is -2.06. The Bertz CT molecular complexity index is 626. The maximum absolute atomic E-state index is 11.6. The first-order valence-electron chi connectivity index (χ1n) is 4.69. The van der Waals surface area contributed by atoms with Gasteiger partial charge in [-0.15, -0.1) is 0 Å². The van der Waals surface area contributed by atoms with Gasteiger partial charge in [-0.1, -0.05) is 30.3 Å². The molecule has 0 aliphatic rings. The predicted octanol–water partition coefficient (Wildman–Crippen LogP) is 0.446.